The van der Waals surface area contributed by atoms with Crippen LogP contribution in [0.2, 0.25) is 0 Å². The van der Waals surface area contributed by atoms with Gasteiger partial charge in [-0.2, -0.15) is 5.10 Å². The molecule has 0 bridgehead atoms. The van der Waals surface area contributed by atoms with Crippen LogP contribution in [0.3, 0.4) is 0 Å². The monoisotopic (exact) mass is 285 g/mol. The van der Waals surface area contributed by atoms with Crippen LogP contribution in [0.25, 0.3) is 11.0 Å². The zero-order chi connectivity index (χ0) is 15.0. The van der Waals surface area contributed by atoms with E-state index in [1.54, 1.807) is 6.92 Å². The van der Waals surface area contributed by atoms with E-state index in [0.29, 0.717) is 5.56 Å². The van der Waals surface area contributed by atoms with Gasteiger partial charge in [-0.15, -0.1) is 0 Å². The van der Waals surface area contributed by atoms with Gasteiger partial charge in [-0.3, -0.25) is 9.89 Å². The van der Waals surface area contributed by atoms with Crippen molar-refractivity contribution in [3.63, 3.8) is 0 Å². The topological polar surface area (TPSA) is 106 Å². The Morgan fingerprint density at radius 3 is 2.76 bits per heavy atom. The number of rotatable bonds is 3. The van der Waals surface area contributed by atoms with Crippen molar-refractivity contribution >= 4 is 16.9 Å². The smallest absolute Gasteiger partial charge is 0.323 e. The maximum atomic E-state index is 12.1. The summed E-state index contributed by atoms with van der Waals surface area (Å²) in [7, 11) is 0. The highest BCUT2D eigenvalue weighted by molar-refractivity contribution is 5.95. The lowest BCUT2D eigenvalue weighted by Gasteiger charge is -2.14. The fourth-order valence-corrected chi connectivity index (χ4v) is 2.26. The fourth-order valence-electron chi connectivity index (χ4n) is 2.26. The number of aromatic amines is 3. The number of nitrogens with one attached hydrogen (secondary N) is 4. The van der Waals surface area contributed by atoms with Crippen LogP contribution in [0.4, 0.5) is 0 Å². The summed E-state index contributed by atoms with van der Waals surface area (Å²) in [5.41, 5.74) is 3.38. The van der Waals surface area contributed by atoms with Gasteiger partial charge in [0.15, 0.2) is 0 Å². The molecule has 0 saturated carbocycles. The van der Waals surface area contributed by atoms with Crippen molar-refractivity contribution in [2.75, 3.05) is 0 Å². The first-order valence-corrected chi connectivity index (χ1v) is 6.57. The lowest BCUT2D eigenvalue weighted by atomic mass is 10.1. The Morgan fingerprint density at radius 2 is 2.05 bits per heavy atom. The maximum Gasteiger partial charge on any atom is 0.323 e. The highest BCUT2D eigenvalue weighted by Crippen LogP contribution is 2.17. The number of fused-ring (bicyclic) bond motifs is 1. The van der Waals surface area contributed by atoms with Gasteiger partial charge in [-0.1, -0.05) is 6.07 Å². The molecule has 7 nitrogen and oxygen atoms in total. The number of aromatic nitrogens is 4. The number of benzene rings is 1. The molecule has 3 aromatic rings. The molecular weight excluding hydrogens is 270 g/mol. The van der Waals surface area contributed by atoms with Crippen LogP contribution in [-0.4, -0.2) is 26.1 Å². The molecule has 1 amide bonds. The van der Waals surface area contributed by atoms with Crippen molar-refractivity contribution in [2.45, 2.75) is 19.9 Å². The maximum absolute atomic E-state index is 12.1. The largest absolute Gasteiger partial charge is 0.345 e. The van der Waals surface area contributed by atoms with E-state index < -0.39 is 0 Å². The standard InChI is InChI=1S/C14H15N5O2/c1-7(16-13(20)10-6-15-19-8(10)2)9-3-4-11-12(5-9)18-14(21)17-11/h3-7H,1-2H3,(H,15,19)(H,16,20)(H2,17,18,21). The molecule has 21 heavy (non-hydrogen) atoms. The summed E-state index contributed by atoms with van der Waals surface area (Å²) in [6, 6.07) is 5.35. The van der Waals surface area contributed by atoms with Gasteiger partial charge in [0.05, 0.1) is 28.8 Å². The third-order valence-corrected chi connectivity index (χ3v) is 3.46. The van der Waals surface area contributed by atoms with Crippen molar-refractivity contribution < 1.29 is 4.79 Å². The zero-order valence-electron chi connectivity index (χ0n) is 11.7. The average molecular weight is 285 g/mol. The van der Waals surface area contributed by atoms with E-state index in [2.05, 4.69) is 25.5 Å². The molecular formula is C14H15N5O2. The molecule has 7 heteroatoms. The number of imidazole rings is 1. The van der Waals surface area contributed by atoms with E-state index >= 15 is 0 Å². The van der Waals surface area contributed by atoms with E-state index in [9.17, 15) is 9.59 Å². The molecule has 1 unspecified atom stereocenters. The van der Waals surface area contributed by atoms with Gasteiger partial charge in [-0.05, 0) is 31.5 Å². The lowest BCUT2D eigenvalue weighted by Crippen LogP contribution is -2.26. The van der Waals surface area contributed by atoms with Gasteiger partial charge in [0.2, 0.25) is 0 Å². The van der Waals surface area contributed by atoms with Gasteiger partial charge < -0.3 is 15.3 Å². The SMILES string of the molecule is Cc1[nH]ncc1C(=O)NC(C)c1ccc2[nH]c(=O)[nH]c2c1. The van der Waals surface area contributed by atoms with Crippen LogP contribution in [0.1, 0.15) is 34.6 Å². The predicted octanol–water partition coefficient (Wildman–Crippen LogP) is 1.38. The summed E-state index contributed by atoms with van der Waals surface area (Å²) in [4.78, 5) is 28.8. The van der Waals surface area contributed by atoms with Gasteiger partial charge in [0.25, 0.3) is 5.91 Å². The predicted molar refractivity (Wildman–Crippen MR) is 78.1 cm³/mol. The van der Waals surface area contributed by atoms with Crippen LogP contribution in [-0.2, 0) is 0 Å². The Hall–Kier alpha value is -2.83. The Labute approximate surface area is 119 Å². The number of hydrogen-bond donors (Lipinski definition) is 4. The summed E-state index contributed by atoms with van der Waals surface area (Å²) >= 11 is 0. The Morgan fingerprint density at radius 1 is 1.29 bits per heavy atom. The minimum absolute atomic E-state index is 0.184. The molecule has 2 heterocycles. The molecule has 0 fully saturated rings. The van der Waals surface area contributed by atoms with Crippen LogP contribution in [0.15, 0.2) is 29.2 Å². The molecule has 108 valence electrons. The Bertz CT molecular complexity index is 858. The second-order valence-corrected chi connectivity index (χ2v) is 4.99. The second-order valence-electron chi connectivity index (χ2n) is 4.99. The van der Waals surface area contributed by atoms with E-state index in [1.807, 2.05) is 25.1 Å². The molecule has 2 aromatic heterocycles. The molecule has 0 aliphatic carbocycles. The van der Waals surface area contributed by atoms with E-state index in [1.165, 1.54) is 6.20 Å². The van der Waals surface area contributed by atoms with Gasteiger partial charge >= 0.3 is 5.69 Å². The first kappa shape index (κ1) is 13.2. The molecule has 0 spiro atoms. The number of carbonyl (C=O) groups is 1. The Kier molecular flexibility index (Phi) is 3.09. The van der Waals surface area contributed by atoms with E-state index in [-0.39, 0.29) is 17.6 Å². The summed E-state index contributed by atoms with van der Waals surface area (Å²) in [6.45, 7) is 3.68. The molecule has 1 aromatic carbocycles. The number of aryl methyl sites for hydroxylation is 1. The zero-order valence-corrected chi connectivity index (χ0v) is 11.7. The van der Waals surface area contributed by atoms with Crippen molar-refractivity contribution in [1.29, 1.82) is 0 Å². The molecule has 0 saturated heterocycles. The van der Waals surface area contributed by atoms with Crippen molar-refractivity contribution in [3.8, 4) is 0 Å². The highest BCUT2D eigenvalue weighted by Gasteiger charge is 2.15. The summed E-state index contributed by atoms with van der Waals surface area (Å²) in [5, 5.41) is 9.48. The number of hydrogen-bond acceptors (Lipinski definition) is 3. The van der Waals surface area contributed by atoms with Crippen LogP contribution >= 0.6 is 0 Å². The minimum Gasteiger partial charge on any atom is -0.345 e. The van der Waals surface area contributed by atoms with Gasteiger partial charge in [0, 0.05) is 5.69 Å². The summed E-state index contributed by atoms with van der Waals surface area (Å²) in [6.07, 6.45) is 1.50. The first-order valence-electron chi connectivity index (χ1n) is 6.57. The molecule has 0 aliphatic heterocycles. The molecule has 4 N–H and O–H groups in total. The third kappa shape index (κ3) is 2.45. The number of H-pyrrole nitrogens is 3. The molecule has 0 radical (unpaired) electrons. The Balaban J connectivity index is 1.83. The number of amides is 1. The lowest BCUT2D eigenvalue weighted by molar-refractivity contribution is 0.0939. The highest BCUT2D eigenvalue weighted by atomic mass is 16.2. The van der Waals surface area contributed by atoms with E-state index in [4.69, 9.17) is 0 Å². The van der Waals surface area contributed by atoms with Crippen molar-refractivity contribution in [1.82, 2.24) is 25.5 Å². The van der Waals surface area contributed by atoms with Crippen molar-refractivity contribution in [2.24, 2.45) is 0 Å². The van der Waals surface area contributed by atoms with Crippen LogP contribution < -0.4 is 11.0 Å². The summed E-state index contributed by atoms with van der Waals surface area (Å²) < 4.78 is 0. The second kappa shape index (κ2) is 4.93. The minimum atomic E-state index is -0.243. The van der Waals surface area contributed by atoms with Gasteiger partial charge in [0.1, 0.15) is 0 Å². The van der Waals surface area contributed by atoms with Crippen molar-refractivity contribution in [3.05, 3.63) is 51.7 Å². The average Bonchev–Trinajstić information content (AvgIpc) is 3.02. The first-order chi connectivity index (χ1) is 10.0. The quantitative estimate of drug-likeness (QED) is 0.584. The van der Waals surface area contributed by atoms with Gasteiger partial charge in [-0.25, -0.2) is 4.79 Å². The molecule has 1 atom stereocenters. The normalized spacial score (nSPS) is 12.5. The van der Waals surface area contributed by atoms with Crippen LogP contribution in [0, 0.1) is 6.92 Å². The molecule has 3 rings (SSSR count). The number of carbonyl (C=O) groups excluding carboxylic acids is 1. The van der Waals surface area contributed by atoms with Crippen LogP contribution in [0.5, 0.6) is 0 Å². The summed E-state index contributed by atoms with van der Waals surface area (Å²) in [5.74, 6) is -0.184. The fraction of sp³-hybridized carbons (Fsp3) is 0.214. The number of nitrogens with zero attached hydrogens (tertiary/aromatic N) is 1. The molecule has 0 aliphatic rings. The van der Waals surface area contributed by atoms with E-state index in [0.717, 1.165) is 22.3 Å². The third-order valence-electron chi connectivity index (χ3n) is 3.46.